The minimum Gasteiger partial charge on any atom is -0.507 e. The molecule has 0 aromatic heterocycles. The normalized spacial score (nSPS) is 11.8. The third-order valence-electron chi connectivity index (χ3n) is 5.48. The summed E-state index contributed by atoms with van der Waals surface area (Å²) in [6.45, 7) is 0.843. The van der Waals surface area contributed by atoms with Crippen LogP contribution in [0.5, 0.6) is 23.0 Å². The average Bonchev–Trinajstić information content (AvgIpc) is 2.91. The Balaban J connectivity index is 1.54. The summed E-state index contributed by atoms with van der Waals surface area (Å²) < 4.78 is 17.2. The van der Waals surface area contributed by atoms with Crippen LogP contribution in [0.2, 0.25) is 0 Å². The van der Waals surface area contributed by atoms with Crippen LogP contribution < -0.4 is 14.2 Å². The number of phenolic OH excluding ortho intramolecular Hbond substituents is 1. The highest BCUT2D eigenvalue weighted by molar-refractivity contribution is 5.60. The Morgan fingerprint density at radius 3 is 2.00 bits per heavy atom. The summed E-state index contributed by atoms with van der Waals surface area (Å²) >= 11 is 0. The molecule has 0 aliphatic rings. The summed E-state index contributed by atoms with van der Waals surface area (Å²) in [4.78, 5) is 0. The van der Waals surface area contributed by atoms with Gasteiger partial charge >= 0.3 is 0 Å². The third-order valence-corrected chi connectivity index (χ3v) is 5.48. The van der Waals surface area contributed by atoms with Crippen molar-refractivity contribution in [2.24, 2.45) is 0 Å². The van der Waals surface area contributed by atoms with Crippen LogP contribution in [0.25, 0.3) is 6.08 Å². The molecule has 0 aliphatic carbocycles. The lowest BCUT2D eigenvalue weighted by Crippen LogP contribution is -1.99. The van der Waals surface area contributed by atoms with E-state index in [4.69, 9.17) is 14.2 Å². The smallest absolute Gasteiger partial charge is 0.130 e. The molecule has 0 aliphatic heterocycles. The van der Waals surface area contributed by atoms with Crippen molar-refractivity contribution in [1.82, 2.24) is 0 Å². The zero-order valence-corrected chi connectivity index (χ0v) is 19.5. The monoisotopic (exact) mass is 468 g/mol. The molecule has 35 heavy (non-hydrogen) atoms. The van der Waals surface area contributed by atoms with Crippen LogP contribution in [-0.2, 0) is 13.2 Å². The maximum absolute atomic E-state index is 10.6. The number of aliphatic hydroxyl groups is 1. The van der Waals surface area contributed by atoms with Crippen molar-refractivity contribution < 1.29 is 24.4 Å². The van der Waals surface area contributed by atoms with E-state index >= 15 is 0 Å². The van der Waals surface area contributed by atoms with Gasteiger partial charge in [0, 0.05) is 23.3 Å². The second-order valence-corrected chi connectivity index (χ2v) is 7.98. The first kappa shape index (κ1) is 23.9. The Bertz CT molecular complexity index is 1250. The molecule has 2 N–H and O–H groups in total. The van der Waals surface area contributed by atoms with Gasteiger partial charge in [-0.05, 0) is 35.4 Å². The molecule has 0 heterocycles. The number of hydrogen-bond acceptors (Lipinski definition) is 5. The molecule has 1 unspecified atom stereocenters. The summed E-state index contributed by atoms with van der Waals surface area (Å²) in [5.41, 5.74) is 3.28. The Hall–Kier alpha value is -4.22. The first-order valence-corrected chi connectivity index (χ1v) is 11.3. The summed E-state index contributed by atoms with van der Waals surface area (Å²) in [5.74, 6) is 1.79. The van der Waals surface area contributed by atoms with Crippen LogP contribution in [0.3, 0.4) is 0 Å². The van der Waals surface area contributed by atoms with Crippen LogP contribution in [0.1, 0.15) is 28.4 Å². The summed E-state index contributed by atoms with van der Waals surface area (Å²) in [7, 11) is 1.52. The van der Waals surface area contributed by atoms with E-state index in [1.165, 1.54) is 13.2 Å². The molecule has 178 valence electrons. The van der Waals surface area contributed by atoms with Gasteiger partial charge in [0.1, 0.15) is 42.3 Å². The van der Waals surface area contributed by atoms with E-state index in [1.807, 2.05) is 78.9 Å². The minimum atomic E-state index is -1.00. The summed E-state index contributed by atoms with van der Waals surface area (Å²) in [6, 6.07) is 30.3. The van der Waals surface area contributed by atoms with Crippen molar-refractivity contribution in [2.45, 2.75) is 19.3 Å². The molecule has 0 saturated carbocycles. The fraction of sp³-hybridized carbons (Fsp3) is 0.133. The molecule has 0 fully saturated rings. The van der Waals surface area contributed by atoms with Gasteiger partial charge in [-0.2, -0.15) is 0 Å². The van der Waals surface area contributed by atoms with Crippen LogP contribution in [-0.4, -0.2) is 17.3 Å². The third kappa shape index (κ3) is 6.65. The van der Waals surface area contributed by atoms with Gasteiger partial charge in [-0.15, -0.1) is 0 Å². The van der Waals surface area contributed by atoms with E-state index in [1.54, 1.807) is 24.3 Å². The largest absolute Gasteiger partial charge is 0.507 e. The molecule has 0 radical (unpaired) electrons. The van der Waals surface area contributed by atoms with Gasteiger partial charge in [-0.25, -0.2) is 0 Å². The fourth-order valence-electron chi connectivity index (χ4n) is 3.54. The van der Waals surface area contributed by atoms with Crippen molar-refractivity contribution in [2.75, 3.05) is 7.11 Å². The average molecular weight is 469 g/mol. The highest BCUT2D eigenvalue weighted by atomic mass is 16.5. The molecule has 5 nitrogen and oxygen atoms in total. The van der Waals surface area contributed by atoms with Crippen molar-refractivity contribution in [3.05, 3.63) is 125 Å². The SMILES string of the molecule is COc1ccc(C(O)C=Cc2ccc(OCc3ccccc3)cc2OCc2ccccc2)c(O)c1. The second kappa shape index (κ2) is 11.8. The first-order valence-electron chi connectivity index (χ1n) is 11.3. The topological polar surface area (TPSA) is 68.2 Å². The second-order valence-electron chi connectivity index (χ2n) is 7.98. The number of rotatable bonds is 10. The molecule has 0 saturated heterocycles. The van der Waals surface area contributed by atoms with E-state index in [-0.39, 0.29) is 5.75 Å². The fourth-order valence-corrected chi connectivity index (χ4v) is 3.54. The highest BCUT2D eigenvalue weighted by Gasteiger charge is 2.12. The van der Waals surface area contributed by atoms with Crippen molar-refractivity contribution in [3.8, 4) is 23.0 Å². The molecular formula is C30H28O5. The van der Waals surface area contributed by atoms with Crippen LogP contribution in [0.4, 0.5) is 0 Å². The molecule has 0 spiro atoms. The minimum absolute atomic E-state index is 0.0355. The van der Waals surface area contributed by atoms with Gasteiger partial charge in [-0.3, -0.25) is 0 Å². The number of aromatic hydroxyl groups is 1. The van der Waals surface area contributed by atoms with Gasteiger partial charge < -0.3 is 24.4 Å². The van der Waals surface area contributed by atoms with E-state index in [0.29, 0.717) is 36.0 Å². The van der Waals surface area contributed by atoms with E-state index in [0.717, 1.165) is 16.7 Å². The molecule has 1 atom stereocenters. The molecule has 0 bridgehead atoms. The lowest BCUT2D eigenvalue weighted by atomic mass is 10.1. The zero-order valence-electron chi connectivity index (χ0n) is 19.5. The van der Waals surface area contributed by atoms with Crippen molar-refractivity contribution in [1.29, 1.82) is 0 Å². The Morgan fingerprint density at radius 2 is 1.37 bits per heavy atom. The van der Waals surface area contributed by atoms with Gasteiger partial charge in [0.2, 0.25) is 0 Å². The Kier molecular flexibility index (Phi) is 8.04. The van der Waals surface area contributed by atoms with E-state index in [9.17, 15) is 10.2 Å². The molecule has 4 aromatic rings. The van der Waals surface area contributed by atoms with E-state index in [2.05, 4.69) is 0 Å². The van der Waals surface area contributed by atoms with Crippen LogP contribution in [0.15, 0.2) is 103 Å². The predicted octanol–water partition coefficient (Wildman–Crippen LogP) is 6.31. The van der Waals surface area contributed by atoms with Gasteiger partial charge in [-0.1, -0.05) is 72.8 Å². The number of phenols is 1. The standard InChI is InChI=1S/C30H28O5/c1-33-25-15-16-27(29(32)18-25)28(31)17-13-24-12-14-26(34-20-22-8-4-2-5-9-22)19-30(24)35-21-23-10-6-3-7-11-23/h2-19,28,31-32H,20-21H2,1H3. The lowest BCUT2D eigenvalue weighted by Gasteiger charge is -2.14. The van der Waals surface area contributed by atoms with Gasteiger partial charge in [0.05, 0.1) is 7.11 Å². The summed E-state index contributed by atoms with van der Waals surface area (Å²) in [6.07, 6.45) is 2.38. The number of benzene rings is 4. The quantitative estimate of drug-likeness (QED) is 0.286. The Labute approximate surface area is 205 Å². The number of methoxy groups -OCH3 is 1. The Morgan fingerprint density at radius 1 is 0.743 bits per heavy atom. The molecule has 4 aromatic carbocycles. The number of ether oxygens (including phenoxy) is 3. The molecular weight excluding hydrogens is 440 g/mol. The molecule has 5 heteroatoms. The summed E-state index contributed by atoms with van der Waals surface area (Å²) in [5, 5.41) is 20.9. The zero-order chi connectivity index (χ0) is 24.5. The van der Waals surface area contributed by atoms with Crippen molar-refractivity contribution in [3.63, 3.8) is 0 Å². The number of hydrogen-bond donors (Lipinski definition) is 2. The van der Waals surface area contributed by atoms with Crippen molar-refractivity contribution >= 4 is 6.08 Å². The maximum atomic E-state index is 10.6. The molecule has 0 amide bonds. The lowest BCUT2D eigenvalue weighted by molar-refractivity contribution is 0.224. The maximum Gasteiger partial charge on any atom is 0.130 e. The van der Waals surface area contributed by atoms with E-state index < -0.39 is 6.10 Å². The van der Waals surface area contributed by atoms with Crippen LogP contribution >= 0.6 is 0 Å². The predicted molar refractivity (Wildman–Crippen MR) is 137 cm³/mol. The van der Waals surface area contributed by atoms with Crippen LogP contribution in [0, 0.1) is 0 Å². The molecule has 4 rings (SSSR count). The highest BCUT2D eigenvalue weighted by Crippen LogP contribution is 2.32. The first-order chi connectivity index (χ1) is 17.1. The van der Waals surface area contributed by atoms with Gasteiger partial charge in [0.25, 0.3) is 0 Å². The van der Waals surface area contributed by atoms with Gasteiger partial charge in [0.15, 0.2) is 0 Å². The number of aliphatic hydroxyl groups excluding tert-OH is 1.